The number of rotatable bonds is 5. The molecule has 1 aromatic heterocycles. The minimum Gasteiger partial charge on any atom is -0.296 e. The van der Waals surface area contributed by atoms with Gasteiger partial charge in [-0.3, -0.25) is 41.3 Å². The first kappa shape index (κ1) is 16.1. The SMILES string of the molecule is NP(N)(=O)Nc1nc(NP(N)(N)=O)c(-c2ccccc2)s1. The van der Waals surface area contributed by atoms with Crippen molar-refractivity contribution in [3.05, 3.63) is 30.3 Å². The van der Waals surface area contributed by atoms with E-state index >= 15 is 0 Å². The Kier molecular flexibility index (Phi) is 4.50. The molecule has 10 N–H and O–H groups in total. The van der Waals surface area contributed by atoms with Gasteiger partial charge in [0, 0.05) is 0 Å². The quantitative estimate of drug-likeness (QED) is 0.439. The molecule has 114 valence electrons. The van der Waals surface area contributed by atoms with Crippen LogP contribution >= 0.6 is 26.5 Å². The Bertz CT molecular complexity index is 723. The average Bonchev–Trinajstić information content (AvgIpc) is 2.68. The van der Waals surface area contributed by atoms with Gasteiger partial charge in [-0.25, -0.2) is 4.98 Å². The van der Waals surface area contributed by atoms with Crippen molar-refractivity contribution < 1.29 is 9.13 Å². The van der Waals surface area contributed by atoms with E-state index in [9.17, 15) is 9.13 Å². The Morgan fingerprint density at radius 2 is 1.52 bits per heavy atom. The van der Waals surface area contributed by atoms with E-state index < -0.39 is 15.2 Å². The van der Waals surface area contributed by atoms with Crippen LogP contribution in [0, 0.1) is 0 Å². The van der Waals surface area contributed by atoms with Crippen molar-refractivity contribution in [3.63, 3.8) is 0 Å². The topological polar surface area (TPSA) is 175 Å². The van der Waals surface area contributed by atoms with Crippen molar-refractivity contribution in [3.8, 4) is 10.4 Å². The molecule has 2 aromatic rings. The van der Waals surface area contributed by atoms with Crippen LogP contribution < -0.4 is 32.2 Å². The average molecular weight is 347 g/mol. The maximum Gasteiger partial charge on any atom is 0.299 e. The summed E-state index contributed by atoms with van der Waals surface area (Å²) in [4.78, 5) is 4.70. The molecule has 0 atom stereocenters. The van der Waals surface area contributed by atoms with Crippen LogP contribution in [-0.2, 0) is 9.13 Å². The molecule has 0 aliphatic rings. The van der Waals surface area contributed by atoms with E-state index in [4.69, 9.17) is 22.0 Å². The lowest BCUT2D eigenvalue weighted by molar-refractivity contribution is 0.579. The first-order valence-corrected chi connectivity index (χ1v) is 10.1. The fraction of sp³-hybridized carbons (Fsp3) is 0. The van der Waals surface area contributed by atoms with Crippen molar-refractivity contribution in [1.82, 2.24) is 4.98 Å². The molecule has 12 heteroatoms. The Morgan fingerprint density at radius 3 is 2.05 bits per heavy atom. The normalized spacial score (nSPS) is 12.2. The Balaban J connectivity index is 2.46. The van der Waals surface area contributed by atoms with Gasteiger partial charge in [-0.15, -0.1) is 0 Å². The smallest absolute Gasteiger partial charge is 0.296 e. The third kappa shape index (κ3) is 4.90. The molecule has 0 radical (unpaired) electrons. The monoisotopic (exact) mass is 347 g/mol. The molecule has 2 rings (SSSR count). The van der Waals surface area contributed by atoms with Gasteiger partial charge < -0.3 is 0 Å². The van der Waals surface area contributed by atoms with Gasteiger partial charge >= 0.3 is 0 Å². The van der Waals surface area contributed by atoms with Crippen LogP contribution in [-0.4, -0.2) is 4.98 Å². The zero-order valence-electron chi connectivity index (χ0n) is 10.8. The van der Waals surface area contributed by atoms with Gasteiger partial charge in [-0.2, -0.15) is 0 Å². The first-order chi connectivity index (χ1) is 9.64. The number of nitrogens with one attached hydrogen (secondary N) is 2. The summed E-state index contributed by atoms with van der Waals surface area (Å²) in [5.41, 5.74) is 21.9. The van der Waals surface area contributed by atoms with Gasteiger partial charge in [0.1, 0.15) is 0 Å². The standard InChI is InChI=1S/C9H15N7O2P2S/c10-19(11,17)15-8-7(6-4-2-1-3-5-6)21-9(14-8)16-20(12,13)18/h1-5H,(H5,10,11,15,17)(H5,12,13,14,16,18). The summed E-state index contributed by atoms with van der Waals surface area (Å²) in [7, 11) is -7.04. The van der Waals surface area contributed by atoms with Gasteiger partial charge in [0.15, 0.2) is 10.9 Å². The van der Waals surface area contributed by atoms with Crippen molar-refractivity contribution in [2.45, 2.75) is 0 Å². The molecule has 0 amide bonds. The fourth-order valence-electron chi connectivity index (χ4n) is 1.54. The molecule has 0 spiro atoms. The zero-order chi connectivity index (χ0) is 15.7. The third-order valence-corrected chi connectivity index (χ3v) is 4.51. The highest BCUT2D eigenvalue weighted by molar-refractivity contribution is 7.61. The zero-order valence-corrected chi connectivity index (χ0v) is 13.4. The van der Waals surface area contributed by atoms with E-state index in [1.807, 2.05) is 30.3 Å². The lowest BCUT2D eigenvalue weighted by Crippen LogP contribution is -2.14. The van der Waals surface area contributed by atoms with Crippen LogP contribution in [0.5, 0.6) is 0 Å². The van der Waals surface area contributed by atoms with Crippen LogP contribution in [0.15, 0.2) is 30.3 Å². The van der Waals surface area contributed by atoms with Gasteiger partial charge in [-0.05, 0) is 5.56 Å². The van der Waals surface area contributed by atoms with Gasteiger partial charge in [0.2, 0.25) is 0 Å². The molecular formula is C9H15N7O2P2S. The molecular weight excluding hydrogens is 332 g/mol. The second kappa shape index (κ2) is 5.86. The van der Waals surface area contributed by atoms with E-state index in [0.29, 0.717) is 4.88 Å². The third-order valence-electron chi connectivity index (χ3n) is 2.21. The van der Waals surface area contributed by atoms with Gasteiger partial charge in [-0.1, -0.05) is 41.7 Å². The summed E-state index contributed by atoms with van der Waals surface area (Å²) in [6.45, 7) is 0. The number of hydrogen-bond donors (Lipinski definition) is 6. The van der Waals surface area contributed by atoms with E-state index in [-0.39, 0.29) is 10.9 Å². The number of benzene rings is 1. The minimum atomic E-state index is -3.54. The van der Waals surface area contributed by atoms with Crippen LogP contribution in [0.2, 0.25) is 0 Å². The molecule has 0 unspecified atom stereocenters. The van der Waals surface area contributed by atoms with Crippen molar-refractivity contribution in [2.75, 3.05) is 10.2 Å². The summed E-state index contributed by atoms with van der Waals surface area (Å²) in [6.07, 6.45) is 0. The molecule has 0 saturated heterocycles. The van der Waals surface area contributed by atoms with Crippen molar-refractivity contribution in [2.24, 2.45) is 22.0 Å². The molecule has 0 aliphatic carbocycles. The molecule has 0 bridgehead atoms. The molecule has 1 heterocycles. The lowest BCUT2D eigenvalue weighted by atomic mass is 10.2. The maximum atomic E-state index is 11.5. The molecule has 0 fully saturated rings. The van der Waals surface area contributed by atoms with Crippen molar-refractivity contribution >= 4 is 37.5 Å². The molecule has 9 nitrogen and oxygen atoms in total. The number of aromatic nitrogens is 1. The maximum absolute atomic E-state index is 11.5. The Labute approximate surface area is 125 Å². The molecule has 0 saturated carbocycles. The van der Waals surface area contributed by atoms with Crippen LogP contribution in [0.3, 0.4) is 0 Å². The number of thiazole rings is 1. The highest BCUT2D eigenvalue weighted by Gasteiger charge is 2.20. The Morgan fingerprint density at radius 1 is 0.952 bits per heavy atom. The van der Waals surface area contributed by atoms with E-state index in [1.165, 1.54) is 0 Å². The summed E-state index contributed by atoms with van der Waals surface area (Å²) in [6, 6.07) is 9.15. The highest BCUT2D eigenvalue weighted by Crippen LogP contribution is 2.42. The van der Waals surface area contributed by atoms with E-state index in [0.717, 1.165) is 16.9 Å². The largest absolute Gasteiger partial charge is 0.299 e. The van der Waals surface area contributed by atoms with Crippen molar-refractivity contribution in [1.29, 1.82) is 0 Å². The highest BCUT2D eigenvalue weighted by atomic mass is 32.1. The summed E-state index contributed by atoms with van der Waals surface area (Å²) < 4.78 is 23.0. The van der Waals surface area contributed by atoms with E-state index in [2.05, 4.69) is 15.2 Å². The minimum absolute atomic E-state index is 0.204. The second-order valence-corrected chi connectivity index (χ2v) is 8.49. The summed E-state index contributed by atoms with van der Waals surface area (Å²) >= 11 is 1.13. The van der Waals surface area contributed by atoms with Crippen LogP contribution in [0.25, 0.3) is 10.4 Å². The van der Waals surface area contributed by atoms with Gasteiger partial charge in [0.25, 0.3) is 15.2 Å². The first-order valence-electron chi connectivity index (χ1n) is 5.61. The Hall–Kier alpha value is -1.25. The predicted molar refractivity (Wildman–Crippen MR) is 86.8 cm³/mol. The predicted octanol–water partition coefficient (Wildman–Crippen LogP) is 1.68. The number of nitrogens with zero attached hydrogens (tertiary/aromatic N) is 1. The van der Waals surface area contributed by atoms with Crippen LogP contribution in [0.1, 0.15) is 0 Å². The van der Waals surface area contributed by atoms with Gasteiger partial charge in [0.05, 0.1) is 4.88 Å². The molecule has 0 aliphatic heterocycles. The number of anilines is 2. The fourth-order valence-corrected chi connectivity index (χ4v) is 3.85. The number of nitrogens with two attached hydrogens (primary N) is 4. The second-order valence-electron chi connectivity index (χ2n) is 4.21. The van der Waals surface area contributed by atoms with E-state index in [1.54, 1.807) is 0 Å². The summed E-state index contributed by atoms with van der Waals surface area (Å²) in [5.74, 6) is 0.204. The molecule has 21 heavy (non-hydrogen) atoms. The molecule has 1 aromatic carbocycles. The number of hydrogen-bond acceptors (Lipinski definition) is 4. The summed E-state index contributed by atoms with van der Waals surface area (Å²) in [5, 5.41) is 5.06. The van der Waals surface area contributed by atoms with Crippen LogP contribution in [0.4, 0.5) is 10.9 Å². The lowest BCUT2D eigenvalue weighted by Gasteiger charge is -2.09.